The SMILES string of the molecule is CNC(=O)C1COCCN1C(=O)C1CC(C)CC1C(=O)O. The van der Waals surface area contributed by atoms with Crippen LogP contribution in [-0.4, -0.2) is 60.6 Å². The fourth-order valence-corrected chi connectivity index (χ4v) is 3.30. The molecule has 2 N–H and O–H groups in total. The minimum absolute atomic E-state index is 0.158. The van der Waals surface area contributed by atoms with E-state index in [0.29, 0.717) is 26.0 Å². The van der Waals surface area contributed by atoms with Gasteiger partial charge in [-0.15, -0.1) is 0 Å². The van der Waals surface area contributed by atoms with Crippen molar-refractivity contribution in [1.29, 1.82) is 0 Å². The van der Waals surface area contributed by atoms with Crippen molar-refractivity contribution < 1.29 is 24.2 Å². The standard InChI is InChI=1S/C14H22N2O5/c1-8-5-9(10(6-8)14(19)20)13(18)16-3-4-21-7-11(16)12(17)15-2/h8-11H,3-7H2,1-2H3,(H,15,17)(H,19,20). The molecule has 2 aliphatic rings. The van der Waals surface area contributed by atoms with Gasteiger partial charge in [0.1, 0.15) is 6.04 Å². The summed E-state index contributed by atoms with van der Waals surface area (Å²) in [4.78, 5) is 37.4. The van der Waals surface area contributed by atoms with Crippen molar-refractivity contribution in [3.8, 4) is 0 Å². The van der Waals surface area contributed by atoms with Crippen molar-refractivity contribution in [1.82, 2.24) is 10.2 Å². The van der Waals surface area contributed by atoms with Crippen molar-refractivity contribution in [2.45, 2.75) is 25.8 Å². The van der Waals surface area contributed by atoms with Gasteiger partial charge in [-0.1, -0.05) is 6.92 Å². The van der Waals surface area contributed by atoms with Gasteiger partial charge in [-0.3, -0.25) is 14.4 Å². The van der Waals surface area contributed by atoms with Crippen LogP contribution in [0.2, 0.25) is 0 Å². The van der Waals surface area contributed by atoms with Crippen molar-refractivity contribution in [2.75, 3.05) is 26.8 Å². The molecule has 1 saturated carbocycles. The zero-order valence-corrected chi connectivity index (χ0v) is 12.4. The summed E-state index contributed by atoms with van der Waals surface area (Å²) in [6, 6.07) is -0.665. The summed E-state index contributed by atoms with van der Waals surface area (Å²) < 4.78 is 5.27. The predicted octanol–water partition coefficient (Wildman–Crippen LogP) is -0.293. The first-order valence-electron chi connectivity index (χ1n) is 7.28. The third-order valence-corrected chi connectivity index (χ3v) is 4.39. The van der Waals surface area contributed by atoms with Crippen LogP contribution in [-0.2, 0) is 19.1 Å². The largest absolute Gasteiger partial charge is 0.481 e. The van der Waals surface area contributed by atoms with E-state index in [1.54, 1.807) is 0 Å². The van der Waals surface area contributed by atoms with Crippen molar-refractivity contribution in [3.63, 3.8) is 0 Å². The molecule has 0 aromatic rings. The molecule has 21 heavy (non-hydrogen) atoms. The number of nitrogens with one attached hydrogen (secondary N) is 1. The van der Waals surface area contributed by atoms with E-state index in [0.717, 1.165) is 0 Å². The molecule has 2 fully saturated rings. The maximum atomic E-state index is 12.7. The monoisotopic (exact) mass is 298 g/mol. The van der Waals surface area contributed by atoms with Crippen molar-refractivity contribution >= 4 is 17.8 Å². The highest BCUT2D eigenvalue weighted by Crippen LogP contribution is 2.38. The molecule has 1 saturated heterocycles. The third kappa shape index (κ3) is 3.18. The molecule has 2 amide bonds. The van der Waals surface area contributed by atoms with Crippen LogP contribution in [0.4, 0.5) is 0 Å². The molecule has 7 nitrogen and oxygen atoms in total. The summed E-state index contributed by atoms with van der Waals surface area (Å²) >= 11 is 0. The quantitative estimate of drug-likeness (QED) is 0.746. The van der Waals surface area contributed by atoms with E-state index in [9.17, 15) is 19.5 Å². The number of carboxylic acid groups (broad SMARTS) is 1. The van der Waals surface area contributed by atoms with Gasteiger partial charge in [-0.05, 0) is 18.8 Å². The van der Waals surface area contributed by atoms with E-state index in [-0.39, 0.29) is 24.3 Å². The number of aliphatic carboxylic acids is 1. The smallest absolute Gasteiger partial charge is 0.307 e. The van der Waals surface area contributed by atoms with Crippen molar-refractivity contribution in [2.24, 2.45) is 17.8 Å². The number of likely N-dealkylation sites (N-methyl/N-ethyl adjacent to an activating group) is 1. The lowest BCUT2D eigenvalue weighted by Crippen LogP contribution is -2.57. The Labute approximate surface area is 123 Å². The first-order valence-corrected chi connectivity index (χ1v) is 7.28. The maximum Gasteiger partial charge on any atom is 0.307 e. The van der Waals surface area contributed by atoms with E-state index in [1.807, 2.05) is 6.92 Å². The Morgan fingerprint density at radius 3 is 2.52 bits per heavy atom. The second-order valence-corrected chi connectivity index (χ2v) is 5.86. The summed E-state index contributed by atoms with van der Waals surface area (Å²) in [7, 11) is 1.51. The number of carbonyl (C=O) groups excluding carboxylic acids is 2. The van der Waals surface area contributed by atoms with Crippen LogP contribution >= 0.6 is 0 Å². The van der Waals surface area contributed by atoms with E-state index >= 15 is 0 Å². The molecule has 0 aromatic carbocycles. The molecule has 1 aliphatic carbocycles. The molecule has 1 heterocycles. The normalized spacial score (nSPS) is 32.8. The lowest BCUT2D eigenvalue weighted by Gasteiger charge is -2.36. The zero-order chi connectivity index (χ0) is 15.6. The number of hydrogen-bond donors (Lipinski definition) is 2. The molecule has 118 valence electrons. The number of ether oxygens (including phenoxy) is 1. The fraction of sp³-hybridized carbons (Fsp3) is 0.786. The molecular formula is C14H22N2O5. The number of nitrogens with zero attached hydrogens (tertiary/aromatic N) is 1. The van der Waals surface area contributed by atoms with Gasteiger partial charge < -0.3 is 20.1 Å². The summed E-state index contributed by atoms with van der Waals surface area (Å²) in [5, 5.41) is 11.8. The molecule has 0 spiro atoms. The Balaban J connectivity index is 2.16. The Morgan fingerprint density at radius 2 is 1.90 bits per heavy atom. The highest BCUT2D eigenvalue weighted by molar-refractivity contribution is 5.91. The average Bonchev–Trinajstić information content (AvgIpc) is 2.88. The lowest BCUT2D eigenvalue weighted by atomic mass is 9.94. The van der Waals surface area contributed by atoms with Gasteiger partial charge in [0.15, 0.2) is 0 Å². The number of carbonyl (C=O) groups is 3. The van der Waals surface area contributed by atoms with Crippen LogP contribution in [0.25, 0.3) is 0 Å². The zero-order valence-electron chi connectivity index (χ0n) is 12.4. The minimum atomic E-state index is -0.928. The molecule has 0 bridgehead atoms. The summed E-state index contributed by atoms with van der Waals surface area (Å²) in [5.41, 5.74) is 0. The topological polar surface area (TPSA) is 95.9 Å². The highest BCUT2D eigenvalue weighted by atomic mass is 16.5. The molecule has 4 atom stereocenters. The van der Waals surface area contributed by atoms with Gasteiger partial charge in [-0.2, -0.15) is 0 Å². The molecular weight excluding hydrogens is 276 g/mol. The van der Waals surface area contributed by atoms with Crippen LogP contribution in [0, 0.1) is 17.8 Å². The second kappa shape index (κ2) is 6.43. The Kier molecular flexibility index (Phi) is 4.82. The van der Waals surface area contributed by atoms with E-state index < -0.39 is 23.8 Å². The van der Waals surface area contributed by atoms with Gasteiger partial charge in [-0.25, -0.2) is 0 Å². The Hall–Kier alpha value is -1.63. The van der Waals surface area contributed by atoms with Crippen LogP contribution in [0.1, 0.15) is 19.8 Å². The molecule has 2 rings (SSSR count). The van der Waals surface area contributed by atoms with Gasteiger partial charge in [0.05, 0.1) is 25.0 Å². The summed E-state index contributed by atoms with van der Waals surface area (Å²) in [5.74, 6) is -2.42. The lowest BCUT2D eigenvalue weighted by molar-refractivity contribution is -0.156. The summed E-state index contributed by atoms with van der Waals surface area (Å²) in [6.07, 6.45) is 1.08. The Morgan fingerprint density at radius 1 is 1.24 bits per heavy atom. The first-order chi connectivity index (χ1) is 9.95. The van der Waals surface area contributed by atoms with E-state index in [1.165, 1.54) is 11.9 Å². The average molecular weight is 298 g/mol. The number of hydrogen-bond acceptors (Lipinski definition) is 4. The van der Waals surface area contributed by atoms with Gasteiger partial charge in [0.25, 0.3) is 0 Å². The van der Waals surface area contributed by atoms with E-state index in [2.05, 4.69) is 5.32 Å². The third-order valence-electron chi connectivity index (χ3n) is 4.39. The van der Waals surface area contributed by atoms with Gasteiger partial charge in [0.2, 0.25) is 11.8 Å². The van der Waals surface area contributed by atoms with Gasteiger partial charge in [0, 0.05) is 13.6 Å². The second-order valence-electron chi connectivity index (χ2n) is 5.86. The molecule has 1 aliphatic heterocycles. The van der Waals surface area contributed by atoms with Crippen molar-refractivity contribution in [3.05, 3.63) is 0 Å². The van der Waals surface area contributed by atoms with E-state index in [4.69, 9.17) is 4.74 Å². The van der Waals surface area contributed by atoms with Gasteiger partial charge >= 0.3 is 5.97 Å². The first kappa shape index (κ1) is 15.8. The van der Waals surface area contributed by atoms with Crippen LogP contribution in [0.15, 0.2) is 0 Å². The molecule has 7 heteroatoms. The maximum absolute atomic E-state index is 12.7. The van der Waals surface area contributed by atoms with Crippen LogP contribution < -0.4 is 5.32 Å². The van der Waals surface area contributed by atoms with Crippen LogP contribution in [0.3, 0.4) is 0 Å². The minimum Gasteiger partial charge on any atom is -0.481 e. The fourth-order valence-electron chi connectivity index (χ4n) is 3.30. The number of rotatable bonds is 3. The number of morpholine rings is 1. The number of carboxylic acids is 1. The summed E-state index contributed by atoms with van der Waals surface area (Å²) in [6.45, 7) is 2.82. The highest BCUT2D eigenvalue weighted by Gasteiger charge is 2.45. The molecule has 4 unspecified atom stereocenters. The predicted molar refractivity (Wildman–Crippen MR) is 73.4 cm³/mol. The van der Waals surface area contributed by atoms with Crippen LogP contribution in [0.5, 0.6) is 0 Å². The molecule has 0 aromatic heterocycles. The number of amides is 2. The Bertz CT molecular complexity index is 439. The molecule has 0 radical (unpaired) electrons.